The first-order chi connectivity index (χ1) is 26.1. The van der Waals surface area contributed by atoms with E-state index in [1.807, 2.05) is 0 Å². The molecule has 286 valence electrons. The zero-order chi connectivity index (χ0) is 38.2. The number of piperidine rings is 1. The smallest absolute Gasteiger partial charge is 0.318 e. The van der Waals surface area contributed by atoms with Crippen LogP contribution in [0.3, 0.4) is 0 Å². The minimum Gasteiger partial charge on any atom is -0.497 e. The summed E-state index contributed by atoms with van der Waals surface area (Å²) in [7, 11) is 0.882. The number of urea groups is 1. The number of hydrogen-bond donors (Lipinski definition) is 1. The van der Waals surface area contributed by atoms with Gasteiger partial charge in [0.1, 0.15) is 27.9 Å². The zero-order valence-corrected chi connectivity index (χ0v) is 31.6. The third-order valence-corrected chi connectivity index (χ3v) is 12.7. The van der Waals surface area contributed by atoms with Crippen molar-refractivity contribution in [2.75, 3.05) is 85.2 Å². The molecule has 3 fully saturated rings. The molecule has 7 rings (SSSR count). The molecular formula is C38H44N6O9S. The number of carbonyl (C=O) groups is 2. The highest BCUT2D eigenvalue weighted by atomic mass is 32.2. The van der Waals surface area contributed by atoms with E-state index in [-0.39, 0.29) is 38.8 Å². The maximum Gasteiger partial charge on any atom is 0.318 e. The lowest BCUT2D eigenvalue weighted by Crippen LogP contribution is -2.61. The van der Waals surface area contributed by atoms with Crippen molar-refractivity contribution in [1.29, 1.82) is 5.26 Å². The Morgan fingerprint density at radius 1 is 0.796 bits per heavy atom. The number of methoxy groups -OCH3 is 4. The molecule has 1 unspecified atom stereocenters. The van der Waals surface area contributed by atoms with Crippen molar-refractivity contribution in [3.05, 3.63) is 71.3 Å². The number of nitriles is 1. The third kappa shape index (κ3) is 6.34. The predicted octanol–water partition coefficient (Wildman–Crippen LogP) is 2.76. The number of piperazine rings is 1. The van der Waals surface area contributed by atoms with Gasteiger partial charge >= 0.3 is 6.03 Å². The minimum atomic E-state index is -4.72. The van der Waals surface area contributed by atoms with Gasteiger partial charge in [0.05, 0.1) is 65.0 Å². The van der Waals surface area contributed by atoms with E-state index in [1.54, 1.807) is 17.0 Å². The molecule has 4 aliphatic rings. The molecule has 1 atom stereocenters. The second-order valence-electron chi connectivity index (χ2n) is 13.7. The summed E-state index contributed by atoms with van der Waals surface area (Å²) >= 11 is 0. The van der Waals surface area contributed by atoms with E-state index < -0.39 is 27.5 Å². The van der Waals surface area contributed by atoms with Crippen LogP contribution in [0.5, 0.6) is 23.0 Å². The number of fused-ring (bicyclic) bond motifs is 1. The average molecular weight is 761 g/mol. The summed E-state index contributed by atoms with van der Waals surface area (Å²) in [5.41, 5.74) is -1.88. The van der Waals surface area contributed by atoms with Crippen molar-refractivity contribution in [3.8, 4) is 29.1 Å². The number of nitrogens with one attached hydrogen (secondary N) is 1. The summed E-state index contributed by atoms with van der Waals surface area (Å²) in [5, 5.41) is 13.0. The van der Waals surface area contributed by atoms with Gasteiger partial charge in [-0.1, -0.05) is 0 Å². The zero-order valence-electron chi connectivity index (χ0n) is 30.7. The number of likely N-dealkylation sites (tertiary alicyclic amines) is 1. The van der Waals surface area contributed by atoms with Crippen LogP contribution in [0.1, 0.15) is 29.5 Å². The Kier molecular flexibility index (Phi) is 10.3. The molecule has 0 spiro atoms. The molecule has 0 aliphatic carbocycles. The summed E-state index contributed by atoms with van der Waals surface area (Å²) in [6, 6.07) is 15.5. The second-order valence-corrected chi connectivity index (χ2v) is 15.4. The first-order valence-corrected chi connectivity index (χ1v) is 19.3. The fourth-order valence-electron chi connectivity index (χ4n) is 7.92. The SMILES string of the molecule is COc1ccc(S(=O)(=O)N2C(=O)C(NC(=O)N3CCN(C4CCN(C5COC5)CC4)CC3)(c3cc(OC)ccc3OC)c3cc(C#N)ccc32)c(OC)c1. The second kappa shape index (κ2) is 15.0. The molecule has 54 heavy (non-hydrogen) atoms. The van der Waals surface area contributed by atoms with Gasteiger partial charge in [0.25, 0.3) is 15.9 Å². The molecule has 0 bridgehead atoms. The molecule has 3 saturated heterocycles. The molecule has 0 aromatic heterocycles. The highest BCUT2D eigenvalue weighted by Gasteiger charge is 2.59. The Morgan fingerprint density at radius 2 is 1.44 bits per heavy atom. The Balaban J connectivity index is 1.27. The van der Waals surface area contributed by atoms with Crippen LogP contribution in [0.2, 0.25) is 0 Å². The highest BCUT2D eigenvalue weighted by Crippen LogP contribution is 2.51. The third-order valence-electron chi connectivity index (χ3n) is 11.0. The van der Waals surface area contributed by atoms with Gasteiger partial charge in [0.2, 0.25) is 0 Å². The van der Waals surface area contributed by atoms with E-state index in [1.165, 1.54) is 70.9 Å². The number of carbonyl (C=O) groups excluding carboxylic acids is 2. The quantitative estimate of drug-likeness (QED) is 0.322. The monoisotopic (exact) mass is 760 g/mol. The van der Waals surface area contributed by atoms with Crippen molar-refractivity contribution in [3.63, 3.8) is 0 Å². The van der Waals surface area contributed by atoms with E-state index in [2.05, 4.69) is 21.2 Å². The van der Waals surface area contributed by atoms with Gasteiger partial charge in [0, 0.05) is 62.5 Å². The predicted molar refractivity (Wildman–Crippen MR) is 197 cm³/mol. The van der Waals surface area contributed by atoms with Crippen molar-refractivity contribution < 1.29 is 41.7 Å². The van der Waals surface area contributed by atoms with Gasteiger partial charge < -0.3 is 33.9 Å². The lowest BCUT2D eigenvalue weighted by Gasteiger charge is -2.46. The van der Waals surface area contributed by atoms with Gasteiger partial charge in [0.15, 0.2) is 5.54 Å². The van der Waals surface area contributed by atoms with Gasteiger partial charge in [-0.15, -0.1) is 0 Å². The van der Waals surface area contributed by atoms with Crippen LogP contribution in [0, 0.1) is 11.3 Å². The van der Waals surface area contributed by atoms with Crippen LogP contribution >= 0.6 is 0 Å². The maximum absolute atomic E-state index is 15.3. The van der Waals surface area contributed by atoms with Gasteiger partial charge in [-0.05, 0) is 61.4 Å². The van der Waals surface area contributed by atoms with Crippen molar-refractivity contribution in [1.82, 2.24) is 20.0 Å². The lowest BCUT2D eigenvalue weighted by molar-refractivity contribution is -0.121. The molecule has 4 heterocycles. The van der Waals surface area contributed by atoms with Crippen LogP contribution < -0.4 is 28.6 Å². The summed E-state index contributed by atoms with van der Waals surface area (Å²) in [6.07, 6.45) is 2.08. The van der Waals surface area contributed by atoms with Crippen molar-refractivity contribution >= 4 is 27.6 Å². The Hall–Kier alpha value is -5.08. The number of nitrogens with zero attached hydrogens (tertiary/aromatic N) is 5. The highest BCUT2D eigenvalue weighted by molar-refractivity contribution is 7.93. The summed E-state index contributed by atoms with van der Waals surface area (Å²) in [6.45, 7) is 5.67. The molecule has 3 amide bonds. The van der Waals surface area contributed by atoms with Crippen LogP contribution in [0.15, 0.2) is 59.5 Å². The van der Waals surface area contributed by atoms with Gasteiger partial charge in [-0.25, -0.2) is 13.2 Å². The lowest BCUT2D eigenvalue weighted by atomic mass is 9.82. The normalized spacial score (nSPS) is 21.2. The van der Waals surface area contributed by atoms with E-state index in [4.69, 9.17) is 23.7 Å². The Bertz CT molecular complexity index is 2070. The Morgan fingerprint density at radius 3 is 2.06 bits per heavy atom. The number of ether oxygens (including phenoxy) is 5. The molecule has 3 aromatic rings. The van der Waals surface area contributed by atoms with E-state index in [0.29, 0.717) is 54.1 Å². The average Bonchev–Trinajstić information content (AvgIpc) is 3.44. The molecule has 3 aromatic carbocycles. The molecule has 4 aliphatic heterocycles. The molecule has 1 N–H and O–H groups in total. The standard InChI is InChI=1S/C38H44N6O9S/c1-49-28-6-9-33(51-3)31(20-28)38(40-37(46)43-17-15-42(16-18-43)26-11-13-41(14-12-26)27-23-53-24-27)30-19-25(22-39)5-8-32(30)44(36(38)45)54(47,48)35-10-7-29(50-2)21-34(35)52-4/h5-10,19-21,26-27H,11-18,23-24H2,1-4H3,(H,40,46). The molecule has 15 nitrogen and oxygen atoms in total. The van der Waals surface area contributed by atoms with Crippen LogP contribution in [-0.2, 0) is 25.1 Å². The minimum absolute atomic E-state index is 0.0494. The van der Waals surface area contributed by atoms with Gasteiger partial charge in [-0.2, -0.15) is 9.57 Å². The number of anilines is 1. The molecule has 0 saturated carbocycles. The molecular weight excluding hydrogens is 717 g/mol. The van der Waals surface area contributed by atoms with Crippen molar-refractivity contribution in [2.45, 2.75) is 35.4 Å². The van der Waals surface area contributed by atoms with Crippen LogP contribution in [0.4, 0.5) is 10.5 Å². The molecule has 16 heteroatoms. The van der Waals surface area contributed by atoms with E-state index in [9.17, 15) is 18.5 Å². The van der Waals surface area contributed by atoms with Crippen LogP contribution in [-0.4, -0.2) is 128 Å². The Labute approximate surface area is 314 Å². The number of sulfonamides is 1. The summed E-state index contributed by atoms with van der Waals surface area (Å²) in [5.74, 6) is -0.211. The fraction of sp³-hybridized carbons (Fsp3) is 0.447. The first-order valence-electron chi connectivity index (χ1n) is 17.8. The van der Waals surface area contributed by atoms with E-state index >= 15 is 4.79 Å². The van der Waals surface area contributed by atoms with Crippen LogP contribution in [0.25, 0.3) is 0 Å². The number of amides is 3. The number of hydrogen-bond acceptors (Lipinski definition) is 12. The largest absolute Gasteiger partial charge is 0.497 e. The number of benzene rings is 3. The summed E-state index contributed by atoms with van der Waals surface area (Å²) < 4.78 is 57.5. The number of rotatable bonds is 10. The first kappa shape index (κ1) is 37.2. The topological polar surface area (TPSA) is 163 Å². The maximum atomic E-state index is 15.3. The fourth-order valence-corrected chi connectivity index (χ4v) is 9.53. The summed E-state index contributed by atoms with van der Waals surface area (Å²) in [4.78, 5) is 36.1. The van der Waals surface area contributed by atoms with E-state index in [0.717, 1.165) is 39.1 Å². The molecule has 0 radical (unpaired) electrons. The van der Waals surface area contributed by atoms with Crippen molar-refractivity contribution in [2.24, 2.45) is 0 Å². The van der Waals surface area contributed by atoms with Gasteiger partial charge in [-0.3, -0.25) is 14.6 Å².